The highest BCUT2D eigenvalue weighted by Crippen LogP contribution is 2.27. The van der Waals surface area contributed by atoms with Gasteiger partial charge in [0.05, 0.1) is 11.9 Å². The Hall–Kier alpha value is -0.130. The lowest BCUT2D eigenvalue weighted by Crippen LogP contribution is -2.43. The molecule has 1 aliphatic rings. The van der Waals surface area contributed by atoms with Gasteiger partial charge in [0.15, 0.2) is 0 Å². The summed E-state index contributed by atoms with van der Waals surface area (Å²) in [7, 11) is -2.90. The molecule has 0 aromatic heterocycles. The van der Waals surface area contributed by atoms with E-state index >= 15 is 0 Å². The third kappa shape index (κ3) is 3.71. The van der Waals surface area contributed by atoms with Gasteiger partial charge in [-0.1, -0.05) is 13.3 Å². The average molecular weight is 249 g/mol. The molecule has 96 valence electrons. The Labute approximate surface area is 98.6 Å². The Morgan fingerprint density at radius 1 is 1.38 bits per heavy atom. The fraction of sp³-hybridized carbons (Fsp3) is 1.00. The normalized spacial score (nSPS) is 27.2. The van der Waals surface area contributed by atoms with Crippen LogP contribution in [0.5, 0.6) is 0 Å². The second-order valence-corrected chi connectivity index (χ2v) is 6.95. The molecule has 5 heteroatoms. The molecule has 2 unspecified atom stereocenters. The summed E-state index contributed by atoms with van der Waals surface area (Å²) in [5.74, 6) is 0. The van der Waals surface area contributed by atoms with E-state index in [1.165, 1.54) is 6.26 Å². The lowest BCUT2D eigenvalue weighted by Gasteiger charge is -2.36. The van der Waals surface area contributed by atoms with Crippen LogP contribution in [0.1, 0.15) is 32.6 Å². The number of rotatable bonds is 5. The highest BCUT2D eigenvalue weighted by molar-refractivity contribution is 7.91. The standard InChI is InChI=1S/C11H23NO3S/c1-3-12(7-8-13)10-5-4-6-11(9-10)16(2,14)15/h10-11,13H,3-9H2,1-2H3. The SMILES string of the molecule is CCN(CCO)C1CCCC(S(C)(=O)=O)C1. The van der Waals surface area contributed by atoms with Crippen LogP contribution < -0.4 is 0 Å². The molecule has 0 amide bonds. The van der Waals surface area contributed by atoms with Gasteiger partial charge in [-0.3, -0.25) is 4.90 Å². The van der Waals surface area contributed by atoms with Crippen LogP contribution in [0.2, 0.25) is 0 Å². The molecule has 2 atom stereocenters. The molecule has 1 fully saturated rings. The number of sulfone groups is 1. The smallest absolute Gasteiger partial charge is 0.150 e. The molecule has 1 rings (SSSR count). The topological polar surface area (TPSA) is 57.6 Å². The zero-order valence-electron chi connectivity index (χ0n) is 10.2. The Kier molecular flexibility index (Phi) is 5.21. The lowest BCUT2D eigenvalue weighted by atomic mass is 9.93. The molecular formula is C11H23NO3S. The Morgan fingerprint density at radius 3 is 2.56 bits per heavy atom. The summed E-state index contributed by atoms with van der Waals surface area (Å²) >= 11 is 0. The summed E-state index contributed by atoms with van der Waals surface area (Å²) in [6.45, 7) is 3.73. The summed E-state index contributed by atoms with van der Waals surface area (Å²) in [6.07, 6.45) is 4.89. The van der Waals surface area contributed by atoms with E-state index in [4.69, 9.17) is 5.11 Å². The second-order valence-electron chi connectivity index (χ2n) is 4.62. The molecule has 1 N–H and O–H groups in total. The van der Waals surface area contributed by atoms with Gasteiger partial charge in [-0.25, -0.2) is 8.42 Å². The quantitative estimate of drug-likeness (QED) is 0.777. The number of likely N-dealkylation sites (N-methyl/N-ethyl adjacent to an activating group) is 1. The van der Waals surface area contributed by atoms with Crippen molar-refractivity contribution in [3.63, 3.8) is 0 Å². The van der Waals surface area contributed by atoms with Crippen LogP contribution in [-0.4, -0.2) is 55.7 Å². The van der Waals surface area contributed by atoms with Crippen molar-refractivity contribution in [2.75, 3.05) is 26.0 Å². The number of hydrogen-bond acceptors (Lipinski definition) is 4. The molecule has 0 aliphatic heterocycles. The van der Waals surface area contributed by atoms with Gasteiger partial charge < -0.3 is 5.11 Å². The average Bonchev–Trinajstić information content (AvgIpc) is 2.25. The van der Waals surface area contributed by atoms with E-state index in [-0.39, 0.29) is 11.9 Å². The molecule has 16 heavy (non-hydrogen) atoms. The molecular weight excluding hydrogens is 226 g/mol. The molecule has 0 heterocycles. The number of aliphatic hydroxyl groups is 1. The third-order valence-electron chi connectivity index (χ3n) is 3.51. The molecule has 1 saturated carbocycles. The first-order valence-corrected chi connectivity index (χ1v) is 7.98. The Bertz CT molecular complexity index is 302. The van der Waals surface area contributed by atoms with Gasteiger partial charge in [0.2, 0.25) is 0 Å². The zero-order valence-corrected chi connectivity index (χ0v) is 11.0. The minimum atomic E-state index is -2.90. The molecule has 0 saturated heterocycles. The third-order valence-corrected chi connectivity index (χ3v) is 5.15. The van der Waals surface area contributed by atoms with Crippen LogP contribution in [0.15, 0.2) is 0 Å². The van der Waals surface area contributed by atoms with E-state index in [1.54, 1.807) is 0 Å². The van der Waals surface area contributed by atoms with Crippen LogP contribution in [-0.2, 0) is 9.84 Å². The minimum absolute atomic E-state index is 0.147. The highest BCUT2D eigenvalue weighted by Gasteiger charge is 2.31. The van der Waals surface area contributed by atoms with Crippen molar-refractivity contribution < 1.29 is 13.5 Å². The second kappa shape index (κ2) is 5.98. The van der Waals surface area contributed by atoms with E-state index in [0.29, 0.717) is 12.6 Å². The van der Waals surface area contributed by atoms with Gasteiger partial charge in [-0.2, -0.15) is 0 Å². The summed E-state index contributed by atoms with van der Waals surface area (Å²) in [4.78, 5) is 2.19. The molecule has 0 aromatic carbocycles. The predicted octanol–water partition coefficient (Wildman–Crippen LogP) is 0.656. The number of nitrogens with zero attached hydrogens (tertiary/aromatic N) is 1. The van der Waals surface area contributed by atoms with Crippen molar-refractivity contribution in [3.05, 3.63) is 0 Å². The number of hydrogen-bond donors (Lipinski definition) is 1. The summed E-state index contributed by atoms with van der Waals surface area (Å²) < 4.78 is 23.1. The van der Waals surface area contributed by atoms with E-state index in [1.807, 2.05) is 0 Å². The van der Waals surface area contributed by atoms with Crippen LogP contribution in [0.3, 0.4) is 0 Å². The Morgan fingerprint density at radius 2 is 2.06 bits per heavy atom. The molecule has 0 spiro atoms. The van der Waals surface area contributed by atoms with Crippen LogP contribution >= 0.6 is 0 Å². The first-order valence-electron chi connectivity index (χ1n) is 6.02. The van der Waals surface area contributed by atoms with Crippen molar-refractivity contribution in [3.8, 4) is 0 Å². The first kappa shape index (κ1) is 13.9. The lowest BCUT2D eigenvalue weighted by molar-refractivity contribution is 0.131. The largest absolute Gasteiger partial charge is 0.395 e. The molecule has 4 nitrogen and oxygen atoms in total. The van der Waals surface area contributed by atoms with Crippen LogP contribution in [0.4, 0.5) is 0 Å². The van der Waals surface area contributed by atoms with Crippen LogP contribution in [0, 0.1) is 0 Å². The van der Waals surface area contributed by atoms with Crippen molar-refractivity contribution in [2.45, 2.75) is 43.9 Å². The monoisotopic (exact) mass is 249 g/mol. The number of aliphatic hydroxyl groups excluding tert-OH is 1. The Balaban J connectivity index is 2.62. The van der Waals surface area contributed by atoms with Gasteiger partial charge >= 0.3 is 0 Å². The van der Waals surface area contributed by atoms with Crippen molar-refractivity contribution in [1.29, 1.82) is 0 Å². The predicted molar refractivity (Wildman–Crippen MR) is 65.2 cm³/mol. The van der Waals surface area contributed by atoms with Gasteiger partial charge in [0.25, 0.3) is 0 Å². The van der Waals surface area contributed by atoms with E-state index in [9.17, 15) is 8.42 Å². The van der Waals surface area contributed by atoms with Crippen molar-refractivity contribution >= 4 is 9.84 Å². The van der Waals surface area contributed by atoms with Crippen LogP contribution in [0.25, 0.3) is 0 Å². The fourth-order valence-corrected chi connectivity index (χ4v) is 3.73. The first-order chi connectivity index (χ1) is 7.49. The van der Waals surface area contributed by atoms with Gasteiger partial charge in [0, 0.05) is 18.8 Å². The van der Waals surface area contributed by atoms with E-state index in [2.05, 4.69) is 11.8 Å². The molecule has 0 bridgehead atoms. The van der Waals surface area contributed by atoms with Gasteiger partial charge in [-0.05, 0) is 25.8 Å². The highest BCUT2D eigenvalue weighted by atomic mass is 32.2. The maximum Gasteiger partial charge on any atom is 0.150 e. The molecule has 1 aliphatic carbocycles. The molecule has 0 aromatic rings. The van der Waals surface area contributed by atoms with Gasteiger partial charge in [-0.15, -0.1) is 0 Å². The summed E-state index contributed by atoms with van der Waals surface area (Å²) in [6, 6.07) is 0.325. The van der Waals surface area contributed by atoms with Crippen molar-refractivity contribution in [1.82, 2.24) is 4.90 Å². The zero-order chi connectivity index (χ0) is 12.2. The van der Waals surface area contributed by atoms with E-state index < -0.39 is 9.84 Å². The summed E-state index contributed by atoms with van der Waals surface area (Å²) in [5, 5.41) is 8.78. The summed E-state index contributed by atoms with van der Waals surface area (Å²) in [5.41, 5.74) is 0. The maximum atomic E-state index is 11.5. The molecule has 0 radical (unpaired) electrons. The van der Waals surface area contributed by atoms with E-state index in [0.717, 1.165) is 32.2 Å². The fourth-order valence-electron chi connectivity index (χ4n) is 2.57. The maximum absolute atomic E-state index is 11.5. The van der Waals surface area contributed by atoms with Gasteiger partial charge in [0.1, 0.15) is 9.84 Å². The minimum Gasteiger partial charge on any atom is -0.395 e. The van der Waals surface area contributed by atoms with Crippen molar-refractivity contribution in [2.24, 2.45) is 0 Å².